The van der Waals surface area contributed by atoms with E-state index in [-0.39, 0.29) is 0 Å². The van der Waals surface area contributed by atoms with Crippen LogP contribution in [0.1, 0.15) is 5.56 Å². The van der Waals surface area contributed by atoms with Crippen molar-refractivity contribution in [3.05, 3.63) is 36.0 Å². The van der Waals surface area contributed by atoms with Crippen LogP contribution < -0.4 is 10.9 Å². The molecule has 1 aliphatic heterocycles. The lowest BCUT2D eigenvalue weighted by Crippen LogP contribution is -2.18. The topological polar surface area (TPSA) is 24.1 Å². The highest BCUT2D eigenvalue weighted by Crippen LogP contribution is 2.16. The molecule has 0 saturated carbocycles. The molecular formula is C8H7N2. The number of hydrogen-bond donors (Lipinski definition) is 2. The van der Waals surface area contributed by atoms with Crippen molar-refractivity contribution in [3.63, 3.8) is 0 Å². The zero-order chi connectivity index (χ0) is 6.81. The van der Waals surface area contributed by atoms with Gasteiger partial charge in [0.15, 0.2) is 0 Å². The van der Waals surface area contributed by atoms with Gasteiger partial charge in [0, 0.05) is 5.56 Å². The molecule has 0 spiro atoms. The summed E-state index contributed by atoms with van der Waals surface area (Å²) in [6, 6.07) is 8.05. The average molecular weight is 131 g/mol. The monoisotopic (exact) mass is 131 g/mol. The SMILES string of the molecule is [C]1=Cc2ccccc2NN1. The molecule has 0 aliphatic carbocycles. The number of fused-ring (bicyclic) bond motifs is 1. The number of benzene rings is 1. The predicted octanol–water partition coefficient (Wildman–Crippen LogP) is 1.39. The molecule has 0 bridgehead atoms. The van der Waals surface area contributed by atoms with Crippen LogP contribution >= 0.6 is 0 Å². The van der Waals surface area contributed by atoms with Crippen molar-refractivity contribution in [1.82, 2.24) is 5.43 Å². The van der Waals surface area contributed by atoms with Gasteiger partial charge < -0.3 is 5.43 Å². The Bertz CT molecular complexity index is 266. The Morgan fingerprint density at radius 2 is 2.10 bits per heavy atom. The Kier molecular flexibility index (Phi) is 1.10. The number of nitrogens with one attached hydrogen (secondary N) is 2. The molecule has 0 saturated heterocycles. The lowest BCUT2D eigenvalue weighted by Gasteiger charge is -2.12. The lowest BCUT2D eigenvalue weighted by atomic mass is 10.1. The summed E-state index contributed by atoms with van der Waals surface area (Å²) in [6.07, 6.45) is 4.76. The Morgan fingerprint density at radius 3 is 3.00 bits per heavy atom. The summed E-state index contributed by atoms with van der Waals surface area (Å²) in [5.41, 5.74) is 8.02. The zero-order valence-corrected chi connectivity index (χ0v) is 5.39. The first-order chi connectivity index (χ1) is 4.97. The van der Waals surface area contributed by atoms with Gasteiger partial charge in [0.25, 0.3) is 0 Å². The van der Waals surface area contributed by atoms with Gasteiger partial charge in [-0.25, -0.2) is 0 Å². The van der Waals surface area contributed by atoms with Crippen molar-refractivity contribution in [2.45, 2.75) is 0 Å². The molecule has 2 rings (SSSR count). The van der Waals surface area contributed by atoms with Crippen LogP contribution in [-0.4, -0.2) is 0 Å². The number of para-hydroxylation sites is 1. The van der Waals surface area contributed by atoms with E-state index in [1.54, 1.807) is 0 Å². The highest BCUT2D eigenvalue weighted by atomic mass is 15.3. The third-order valence-electron chi connectivity index (χ3n) is 1.46. The third-order valence-corrected chi connectivity index (χ3v) is 1.46. The van der Waals surface area contributed by atoms with Crippen molar-refractivity contribution in [1.29, 1.82) is 0 Å². The Balaban J connectivity index is 2.54. The van der Waals surface area contributed by atoms with E-state index in [1.165, 1.54) is 5.56 Å². The molecule has 1 aromatic carbocycles. The summed E-state index contributed by atoms with van der Waals surface area (Å²) in [7, 11) is 0. The Morgan fingerprint density at radius 1 is 1.20 bits per heavy atom. The van der Waals surface area contributed by atoms with Crippen LogP contribution in [0.3, 0.4) is 0 Å². The molecule has 2 heteroatoms. The van der Waals surface area contributed by atoms with Crippen molar-refractivity contribution >= 4 is 11.8 Å². The fraction of sp³-hybridized carbons (Fsp3) is 0. The van der Waals surface area contributed by atoms with Crippen molar-refractivity contribution in [2.24, 2.45) is 0 Å². The predicted molar refractivity (Wildman–Crippen MR) is 40.9 cm³/mol. The van der Waals surface area contributed by atoms with Gasteiger partial charge in [-0.15, -0.1) is 0 Å². The van der Waals surface area contributed by atoms with Crippen LogP contribution in [0.25, 0.3) is 6.08 Å². The minimum absolute atomic E-state index is 1.10. The largest absolute Gasteiger partial charge is 0.300 e. The molecule has 10 heavy (non-hydrogen) atoms. The minimum atomic E-state index is 1.10. The first-order valence-corrected chi connectivity index (χ1v) is 3.15. The minimum Gasteiger partial charge on any atom is -0.300 e. The molecular weight excluding hydrogens is 124 g/mol. The highest BCUT2D eigenvalue weighted by molar-refractivity contribution is 5.67. The van der Waals surface area contributed by atoms with Crippen LogP contribution in [0.4, 0.5) is 5.69 Å². The van der Waals surface area contributed by atoms with Crippen LogP contribution in [0.15, 0.2) is 24.3 Å². The van der Waals surface area contributed by atoms with E-state index in [9.17, 15) is 0 Å². The summed E-state index contributed by atoms with van der Waals surface area (Å²) < 4.78 is 0. The molecule has 0 amide bonds. The third kappa shape index (κ3) is 0.739. The van der Waals surface area contributed by atoms with Gasteiger partial charge in [-0.1, -0.05) is 18.2 Å². The van der Waals surface area contributed by atoms with Crippen molar-refractivity contribution in [3.8, 4) is 0 Å². The second kappa shape index (κ2) is 2.06. The maximum Gasteiger partial charge on any atom is 0.0796 e. The number of rotatable bonds is 0. The summed E-state index contributed by atoms with van der Waals surface area (Å²) in [5, 5.41) is 0. The number of anilines is 1. The summed E-state index contributed by atoms with van der Waals surface area (Å²) in [5.74, 6) is 0. The highest BCUT2D eigenvalue weighted by Gasteiger charge is 1.98. The van der Waals surface area contributed by atoms with Gasteiger partial charge in [0.2, 0.25) is 0 Å². The van der Waals surface area contributed by atoms with Gasteiger partial charge in [-0.3, -0.25) is 5.43 Å². The van der Waals surface area contributed by atoms with E-state index in [1.807, 2.05) is 30.3 Å². The summed E-state index contributed by atoms with van der Waals surface area (Å²) >= 11 is 0. The van der Waals surface area contributed by atoms with E-state index in [4.69, 9.17) is 0 Å². The molecule has 0 atom stereocenters. The smallest absolute Gasteiger partial charge is 0.0796 e. The molecule has 1 aliphatic rings. The Hall–Kier alpha value is -1.44. The van der Waals surface area contributed by atoms with Gasteiger partial charge in [0.1, 0.15) is 0 Å². The van der Waals surface area contributed by atoms with E-state index < -0.39 is 0 Å². The van der Waals surface area contributed by atoms with E-state index >= 15 is 0 Å². The standard InChI is InChI=1S/C8H7N2/c1-2-4-8-7(3-1)5-6-9-10-8/h1-5,9-10H. The molecule has 0 fully saturated rings. The van der Waals surface area contributed by atoms with E-state index in [2.05, 4.69) is 17.1 Å². The van der Waals surface area contributed by atoms with Gasteiger partial charge in [0.05, 0.1) is 11.9 Å². The second-order valence-corrected chi connectivity index (χ2v) is 2.13. The van der Waals surface area contributed by atoms with Crippen molar-refractivity contribution in [2.75, 3.05) is 5.43 Å². The van der Waals surface area contributed by atoms with E-state index in [0.29, 0.717) is 0 Å². The van der Waals surface area contributed by atoms with Gasteiger partial charge in [-0.05, 0) is 12.1 Å². The molecule has 1 radical (unpaired) electrons. The second-order valence-electron chi connectivity index (χ2n) is 2.13. The molecule has 1 heterocycles. The maximum absolute atomic E-state index is 2.97. The molecule has 0 aromatic heterocycles. The zero-order valence-electron chi connectivity index (χ0n) is 5.39. The van der Waals surface area contributed by atoms with Crippen molar-refractivity contribution < 1.29 is 0 Å². The first kappa shape index (κ1) is 5.35. The van der Waals surface area contributed by atoms with Gasteiger partial charge >= 0.3 is 0 Å². The average Bonchev–Trinajstić information content (AvgIpc) is 2.05. The van der Waals surface area contributed by atoms with Crippen LogP contribution in [0.2, 0.25) is 0 Å². The van der Waals surface area contributed by atoms with Crippen LogP contribution in [0.5, 0.6) is 0 Å². The Labute approximate surface area is 59.5 Å². The maximum atomic E-state index is 2.97. The normalized spacial score (nSPS) is 13.2. The summed E-state index contributed by atoms with van der Waals surface area (Å²) in [4.78, 5) is 0. The lowest BCUT2D eigenvalue weighted by molar-refractivity contribution is 1.02. The number of hydrogen-bond acceptors (Lipinski definition) is 2. The molecule has 1 aromatic rings. The van der Waals surface area contributed by atoms with Crippen LogP contribution in [0, 0.1) is 6.20 Å². The van der Waals surface area contributed by atoms with Crippen LogP contribution in [-0.2, 0) is 0 Å². The number of hydrazine groups is 1. The summed E-state index contributed by atoms with van der Waals surface area (Å²) in [6.45, 7) is 0. The quantitative estimate of drug-likeness (QED) is 0.556. The van der Waals surface area contributed by atoms with E-state index in [0.717, 1.165) is 5.69 Å². The van der Waals surface area contributed by atoms with Gasteiger partial charge in [-0.2, -0.15) is 0 Å². The molecule has 2 nitrogen and oxygen atoms in total. The first-order valence-electron chi connectivity index (χ1n) is 3.15. The molecule has 49 valence electrons. The molecule has 2 N–H and O–H groups in total. The molecule has 0 unspecified atom stereocenters. The fourth-order valence-electron chi connectivity index (χ4n) is 0.954. The fourth-order valence-corrected chi connectivity index (χ4v) is 0.954.